The van der Waals surface area contributed by atoms with E-state index >= 15 is 0 Å². The van der Waals surface area contributed by atoms with Crippen LogP contribution in [0.25, 0.3) is 0 Å². The van der Waals surface area contributed by atoms with Crippen LogP contribution in [0.2, 0.25) is 0 Å². The van der Waals surface area contributed by atoms with Gasteiger partial charge in [0.2, 0.25) is 5.91 Å². The van der Waals surface area contributed by atoms with Crippen LogP contribution in [-0.4, -0.2) is 61.5 Å². The molecule has 0 radical (unpaired) electrons. The van der Waals surface area contributed by atoms with Crippen LogP contribution in [0.1, 0.15) is 39.2 Å². The average Bonchev–Trinajstić information content (AvgIpc) is 2.84. The topological polar surface area (TPSA) is 50.6 Å². The Labute approximate surface area is 203 Å². The van der Waals surface area contributed by atoms with Gasteiger partial charge >= 0.3 is 0 Å². The van der Waals surface area contributed by atoms with E-state index < -0.39 is 5.41 Å². The summed E-state index contributed by atoms with van der Waals surface area (Å²) in [7, 11) is 0. The smallest absolute Gasteiger partial charge is 0.223 e. The third kappa shape index (κ3) is 6.43. The number of rotatable bonds is 10. The fourth-order valence-electron chi connectivity index (χ4n) is 4.90. The minimum Gasteiger partial charge on any atom is -0.311 e. The number of nitrogens with zero attached hydrogens (tertiary/aromatic N) is 4. The Morgan fingerprint density at radius 3 is 2.15 bits per heavy atom. The van der Waals surface area contributed by atoms with Gasteiger partial charge in [-0.3, -0.25) is 9.69 Å². The first-order chi connectivity index (χ1) is 16.4. The molecule has 2 aromatic rings. The highest BCUT2D eigenvalue weighted by atomic mass is 19.1. The monoisotopic (exact) mass is 464 g/mol. The molecule has 0 spiro atoms. The van der Waals surface area contributed by atoms with Crippen LogP contribution in [-0.2, 0) is 10.2 Å². The normalized spacial score (nSPS) is 16.7. The number of anilines is 1. The maximum absolute atomic E-state index is 13.2. The van der Waals surface area contributed by atoms with Crippen LogP contribution in [0.4, 0.5) is 10.1 Å². The molecule has 1 unspecified atom stereocenters. The summed E-state index contributed by atoms with van der Waals surface area (Å²) in [6.45, 7) is 12.1. The van der Waals surface area contributed by atoms with Gasteiger partial charge in [0.05, 0.1) is 11.5 Å². The fraction of sp³-hybridized carbons (Fsp3) is 0.500. The van der Waals surface area contributed by atoms with Gasteiger partial charge < -0.3 is 9.80 Å². The molecule has 0 N–H and O–H groups in total. The largest absolute Gasteiger partial charge is 0.311 e. The lowest BCUT2D eigenvalue weighted by molar-refractivity contribution is -0.116. The van der Waals surface area contributed by atoms with Crippen molar-refractivity contribution in [3.05, 3.63) is 66.0 Å². The standard InChI is InChI=1S/C28H37FN4O/c1-23(2)28(22-30,25-8-5-4-6-9-25)14-7-15-31-16-18-32(19-17-31)20-21-33(24(3)34)27-12-10-26(29)11-13-27/h4-6,8-13,23H,7,14-21H2,1-3H3. The van der Waals surface area contributed by atoms with Crippen molar-refractivity contribution in [2.75, 3.05) is 50.7 Å². The summed E-state index contributed by atoms with van der Waals surface area (Å²) in [6.07, 6.45) is 1.85. The molecule has 6 heteroatoms. The third-order valence-electron chi connectivity index (χ3n) is 7.14. The summed E-state index contributed by atoms with van der Waals surface area (Å²) in [6, 6.07) is 18.9. The van der Waals surface area contributed by atoms with Crippen LogP contribution < -0.4 is 4.90 Å². The van der Waals surface area contributed by atoms with Gasteiger partial charge in [-0.25, -0.2) is 4.39 Å². The molecule has 0 saturated carbocycles. The number of hydrogen-bond donors (Lipinski definition) is 0. The van der Waals surface area contributed by atoms with Gasteiger partial charge in [0.1, 0.15) is 5.82 Å². The molecule has 1 fully saturated rings. The van der Waals surface area contributed by atoms with Crippen LogP contribution in [0.5, 0.6) is 0 Å². The number of piperazine rings is 1. The second-order valence-electron chi connectivity index (χ2n) is 9.54. The van der Waals surface area contributed by atoms with Crippen molar-refractivity contribution < 1.29 is 9.18 Å². The summed E-state index contributed by atoms with van der Waals surface area (Å²) in [5.74, 6) is -0.0792. The predicted octanol–water partition coefficient (Wildman–Crippen LogP) is 4.69. The van der Waals surface area contributed by atoms with Crippen LogP contribution in [0.3, 0.4) is 0 Å². The van der Waals surface area contributed by atoms with Crippen molar-refractivity contribution in [2.24, 2.45) is 5.92 Å². The number of nitriles is 1. The van der Waals surface area contributed by atoms with Gasteiger partial charge in [0.25, 0.3) is 0 Å². The lowest BCUT2D eigenvalue weighted by Gasteiger charge is -2.37. The summed E-state index contributed by atoms with van der Waals surface area (Å²) in [5.41, 5.74) is 1.41. The van der Waals surface area contributed by atoms with E-state index in [9.17, 15) is 14.4 Å². The fourth-order valence-corrected chi connectivity index (χ4v) is 4.90. The number of hydrogen-bond acceptors (Lipinski definition) is 4. The van der Waals surface area contributed by atoms with E-state index in [1.54, 1.807) is 24.0 Å². The number of carbonyl (C=O) groups excluding carboxylic acids is 1. The maximum atomic E-state index is 13.2. The first-order valence-electron chi connectivity index (χ1n) is 12.3. The van der Waals surface area contributed by atoms with Crippen molar-refractivity contribution in [3.63, 3.8) is 0 Å². The number of amides is 1. The van der Waals surface area contributed by atoms with E-state index in [1.807, 2.05) is 18.2 Å². The zero-order valence-corrected chi connectivity index (χ0v) is 20.7. The van der Waals surface area contributed by atoms with Crippen LogP contribution >= 0.6 is 0 Å². The van der Waals surface area contributed by atoms with E-state index in [4.69, 9.17) is 0 Å². The lowest BCUT2D eigenvalue weighted by atomic mass is 9.70. The van der Waals surface area contributed by atoms with Crippen LogP contribution in [0, 0.1) is 23.1 Å². The quantitative estimate of drug-likeness (QED) is 0.512. The second kappa shape index (κ2) is 12.1. The highest BCUT2D eigenvalue weighted by Crippen LogP contribution is 2.36. The van der Waals surface area contributed by atoms with Gasteiger partial charge in [-0.2, -0.15) is 5.26 Å². The second-order valence-corrected chi connectivity index (χ2v) is 9.54. The first-order valence-corrected chi connectivity index (χ1v) is 12.3. The Hall–Kier alpha value is -2.75. The van der Waals surface area contributed by atoms with Crippen molar-refractivity contribution in [1.29, 1.82) is 5.26 Å². The first kappa shape index (κ1) is 25.9. The summed E-state index contributed by atoms with van der Waals surface area (Å²) >= 11 is 0. The van der Waals surface area contributed by atoms with Gasteiger partial charge in [-0.15, -0.1) is 0 Å². The number of halogens is 1. The Balaban J connectivity index is 1.46. The highest BCUT2D eigenvalue weighted by Gasteiger charge is 2.35. The molecule has 1 amide bonds. The third-order valence-corrected chi connectivity index (χ3v) is 7.14. The van der Waals surface area contributed by atoms with Gasteiger partial charge in [-0.1, -0.05) is 44.2 Å². The summed E-state index contributed by atoms with van der Waals surface area (Å²) < 4.78 is 13.2. The Bertz CT molecular complexity index is 949. The molecule has 182 valence electrons. The van der Waals surface area contributed by atoms with E-state index in [0.717, 1.165) is 63.4 Å². The van der Waals surface area contributed by atoms with Gasteiger partial charge in [0, 0.05) is 51.9 Å². The van der Waals surface area contributed by atoms with Crippen LogP contribution in [0.15, 0.2) is 54.6 Å². The van der Waals surface area contributed by atoms with E-state index in [0.29, 0.717) is 6.54 Å². The molecule has 5 nitrogen and oxygen atoms in total. The van der Waals surface area contributed by atoms with Crippen molar-refractivity contribution in [1.82, 2.24) is 9.80 Å². The van der Waals surface area contributed by atoms with Gasteiger partial charge in [-0.05, 0) is 55.1 Å². The zero-order chi connectivity index (χ0) is 24.6. The zero-order valence-electron chi connectivity index (χ0n) is 20.7. The van der Waals surface area contributed by atoms with Gasteiger partial charge in [0.15, 0.2) is 0 Å². The number of benzene rings is 2. The van der Waals surface area contributed by atoms with E-state index in [1.165, 1.54) is 12.1 Å². The number of carbonyl (C=O) groups is 1. The molecular weight excluding hydrogens is 427 g/mol. The summed E-state index contributed by atoms with van der Waals surface area (Å²) in [5, 5.41) is 10.1. The minimum atomic E-state index is -0.445. The molecule has 1 saturated heterocycles. The SMILES string of the molecule is CC(=O)N(CCN1CCN(CCCC(C#N)(c2ccccc2)C(C)C)CC1)c1ccc(F)cc1. The summed E-state index contributed by atoms with van der Waals surface area (Å²) in [4.78, 5) is 18.7. The van der Waals surface area contributed by atoms with Crippen molar-refractivity contribution >= 4 is 11.6 Å². The van der Waals surface area contributed by atoms with Crippen molar-refractivity contribution in [3.8, 4) is 6.07 Å². The molecule has 0 aromatic heterocycles. The molecule has 2 aromatic carbocycles. The molecule has 34 heavy (non-hydrogen) atoms. The molecule has 1 aliphatic heterocycles. The van der Waals surface area contributed by atoms with Crippen molar-refractivity contribution in [2.45, 2.75) is 39.0 Å². The Morgan fingerprint density at radius 1 is 1.03 bits per heavy atom. The highest BCUT2D eigenvalue weighted by molar-refractivity contribution is 5.91. The molecular formula is C28H37FN4O. The maximum Gasteiger partial charge on any atom is 0.223 e. The Kier molecular flexibility index (Phi) is 9.20. The predicted molar refractivity (Wildman–Crippen MR) is 135 cm³/mol. The average molecular weight is 465 g/mol. The molecule has 0 aliphatic carbocycles. The molecule has 0 bridgehead atoms. The minimum absolute atomic E-state index is 0.0326. The molecule has 1 aliphatic rings. The molecule has 1 heterocycles. The van der Waals surface area contributed by atoms with E-state index in [-0.39, 0.29) is 17.6 Å². The Morgan fingerprint density at radius 2 is 1.62 bits per heavy atom. The molecule has 3 rings (SSSR count). The van der Waals surface area contributed by atoms with E-state index in [2.05, 4.69) is 41.8 Å². The molecule has 1 atom stereocenters. The lowest BCUT2D eigenvalue weighted by Crippen LogP contribution is -2.49.